The van der Waals surface area contributed by atoms with Gasteiger partial charge in [-0.1, -0.05) is 37.7 Å². The lowest BCUT2D eigenvalue weighted by Crippen LogP contribution is -2.28. The highest BCUT2D eigenvalue weighted by atomic mass is 32.2. The van der Waals surface area contributed by atoms with E-state index in [1.165, 1.54) is 11.8 Å². The van der Waals surface area contributed by atoms with Crippen molar-refractivity contribution in [3.63, 3.8) is 0 Å². The van der Waals surface area contributed by atoms with Gasteiger partial charge >= 0.3 is 0 Å². The molecule has 3 rings (SSSR count). The predicted octanol–water partition coefficient (Wildman–Crippen LogP) is 3.46. The molecule has 0 aliphatic rings. The fourth-order valence-electron chi connectivity index (χ4n) is 2.57. The maximum absolute atomic E-state index is 12.1. The van der Waals surface area contributed by atoms with Gasteiger partial charge in [-0.15, -0.1) is 10.2 Å². The number of methoxy groups -OCH3 is 1. The second kappa shape index (κ2) is 9.45. The van der Waals surface area contributed by atoms with E-state index in [9.17, 15) is 4.79 Å². The molecule has 0 radical (unpaired) electrons. The van der Waals surface area contributed by atoms with Crippen molar-refractivity contribution < 1.29 is 13.9 Å². The molecule has 148 valence electrons. The molecule has 3 aromatic rings. The summed E-state index contributed by atoms with van der Waals surface area (Å²) in [5.41, 5.74) is 0.884. The summed E-state index contributed by atoms with van der Waals surface area (Å²) in [5, 5.41) is 12.2. The number of carbonyl (C=O) groups is 1. The number of furan rings is 1. The molecule has 0 aliphatic carbocycles. The molecule has 0 bridgehead atoms. The summed E-state index contributed by atoms with van der Waals surface area (Å²) in [6.07, 6.45) is 1.64. The topological polar surface area (TPSA) is 82.2 Å². The maximum atomic E-state index is 12.1. The van der Waals surface area contributed by atoms with Crippen LogP contribution in [-0.2, 0) is 11.3 Å². The normalized spacial score (nSPS) is 11.0. The van der Waals surface area contributed by atoms with Gasteiger partial charge in [-0.2, -0.15) is 0 Å². The average molecular weight is 401 g/mol. The summed E-state index contributed by atoms with van der Waals surface area (Å²) in [7, 11) is 1.63. The van der Waals surface area contributed by atoms with Crippen LogP contribution in [-0.4, -0.2) is 40.1 Å². The van der Waals surface area contributed by atoms with Crippen LogP contribution in [0.4, 0.5) is 0 Å². The number of hydrogen-bond acceptors (Lipinski definition) is 6. The van der Waals surface area contributed by atoms with Gasteiger partial charge in [-0.25, -0.2) is 0 Å². The lowest BCUT2D eigenvalue weighted by atomic mass is 10.2. The summed E-state index contributed by atoms with van der Waals surface area (Å²) in [6, 6.07) is 11.4. The smallest absolute Gasteiger partial charge is 0.230 e. The zero-order valence-corrected chi connectivity index (χ0v) is 17.0. The van der Waals surface area contributed by atoms with Gasteiger partial charge in [-0.3, -0.25) is 9.36 Å². The molecule has 0 atom stereocenters. The highest BCUT2D eigenvalue weighted by Gasteiger charge is 2.17. The van der Waals surface area contributed by atoms with Crippen molar-refractivity contribution in [1.82, 2.24) is 20.1 Å². The van der Waals surface area contributed by atoms with Gasteiger partial charge in [0, 0.05) is 12.1 Å². The van der Waals surface area contributed by atoms with E-state index in [0.29, 0.717) is 30.0 Å². The van der Waals surface area contributed by atoms with Crippen molar-refractivity contribution >= 4 is 17.7 Å². The first-order valence-corrected chi connectivity index (χ1v) is 10.0. The first-order chi connectivity index (χ1) is 13.6. The summed E-state index contributed by atoms with van der Waals surface area (Å²) in [4.78, 5) is 12.1. The van der Waals surface area contributed by atoms with E-state index < -0.39 is 0 Å². The molecule has 0 spiro atoms. The Bertz CT molecular complexity index is 906. The van der Waals surface area contributed by atoms with Crippen molar-refractivity contribution in [1.29, 1.82) is 0 Å². The molecule has 0 aliphatic heterocycles. The largest absolute Gasteiger partial charge is 0.497 e. The van der Waals surface area contributed by atoms with E-state index >= 15 is 0 Å². The summed E-state index contributed by atoms with van der Waals surface area (Å²) < 4.78 is 12.8. The zero-order chi connectivity index (χ0) is 19.9. The SMILES string of the molecule is COc1cccc(-c2nnc(SCC(=O)NCC(C)C)n2Cc2ccco2)c1. The first kappa shape index (κ1) is 20.0. The Balaban J connectivity index is 1.83. The minimum atomic E-state index is -0.0193. The number of amides is 1. The third kappa shape index (κ3) is 5.16. The third-order valence-electron chi connectivity index (χ3n) is 3.98. The van der Waals surface area contributed by atoms with Crippen LogP contribution < -0.4 is 10.1 Å². The number of thioether (sulfide) groups is 1. The molecule has 2 heterocycles. The summed E-state index contributed by atoms with van der Waals surface area (Å²) in [5.74, 6) is 2.90. The van der Waals surface area contributed by atoms with Crippen molar-refractivity contribution in [2.24, 2.45) is 5.92 Å². The number of carbonyl (C=O) groups excluding carboxylic acids is 1. The van der Waals surface area contributed by atoms with Crippen molar-refractivity contribution in [3.8, 4) is 17.1 Å². The van der Waals surface area contributed by atoms with E-state index in [4.69, 9.17) is 9.15 Å². The minimum absolute atomic E-state index is 0.0193. The molecule has 1 amide bonds. The highest BCUT2D eigenvalue weighted by molar-refractivity contribution is 7.99. The van der Waals surface area contributed by atoms with Gasteiger partial charge in [0.05, 0.1) is 25.7 Å². The molecule has 7 nitrogen and oxygen atoms in total. The first-order valence-electron chi connectivity index (χ1n) is 9.06. The highest BCUT2D eigenvalue weighted by Crippen LogP contribution is 2.27. The quantitative estimate of drug-likeness (QED) is 0.554. The number of nitrogens with zero attached hydrogens (tertiary/aromatic N) is 3. The summed E-state index contributed by atoms with van der Waals surface area (Å²) in [6.45, 7) is 5.26. The molecule has 1 aromatic carbocycles. The molecule has 1 N–H and O–H groups in total. The molecule has 0 unspecified atom stereocenters. The van der Waals surface area contributed by atoms with E-state index in [1.807, 2.05) is 41.0 Å². The fourth-order valence-corrected chi connectivity index (χ4v) is 3.34. The van der Waals surface area contributed by atoms with Crippen LogP contribution in [0.1, 0.15) is 19.6 Å². The molecule has 28 heavy (non-hydrogen) atoms. The Labute approximate surface area is 168 Å². The van der Waals surface area contributed by atoms with Gasteiger partial charge in [0.1, 0.15) is 11.5 Å². The van der Waals surface area contributed by atoms with Crippen LogP contribution in [0.3, 0.4) is 0 Å². The monoisotopic (exact) mass is 400 g/mol. The Kier molecular flexibility index (Phi) is 6.76. The van der Waals surface area contributed by atoms with Gasteiger partial charge in [0.2, 0.25) is 5.91 Å². The zero-order valence-electron chi connectivity index (χ0n) is 16.2. The van der Waals surface area contributed by atoms with Gasteiger partial charge in [0.15, 0.2) is 11.0 Å². The van der Waals surface area contributed by atoms with Crippen molar-refractivity contribution in [3.05, 3.63) is 48.4 Å². The standard InChI is InChI=1S/C20H24N4O3S/c1-14(2)11-21-18(25)13-28-20-23-22-19(15-6-4-7-16(10-15)26-3)24(20)12-17-8-5-9-27-17/h4-10,14H,11-13H2,1-3H3,(H,21,25). The average Bonchev–Trinajstić information content (AvgIpc) is 3.35. The Hall–Kier alpha value is -2.74. The van der Waals surface area contributed by atoms with Crippen LogP contribution in [0.2, 0.25) is 0 Å². The van der Waals surface area contributed by atoms with Gasteiger partial charge in [0.25, 0.3) is 0 Å². The molecule has 0 fully saturated rings. The van der Waals surface area contributed by atoms with Crippen LogP contribution >= 0.6 is 11.8 Å². The van der Waals surface area contributed by atoms with Crippen molar-refractivity contribution in [2.75, 3.05) is 19.4 Å². The molecule has 8 heteroatoms. The van der Waals surface area contributed by atoms with Crippen molar-refractivity contribution in [2.45, 2.75) is 25.5 Å². The molecule has 0 saturated heterocycles. The van der Waals surface area contributed by atoms with Gasteiger partial charge in [-0.05, 0) is 30.2 Å². The van der Waals surface area contributed by atoms with E-state index in [-0.39, 0.29) is 11.7 Å². The number of ether oxygens (including phenoxy) is 1. The van der Waals surface area contributed by atoms with Crippen LogP contribution in [0.25, 0.3) is 11.4 Å². The fraction of sp³-hybridized carbons (Fsp3) is 0.350. The Morgan fingerprint density at radius 3 is 2.86 bits per heavy atom. The Morgan fingerprint density at radius 2 is 2.14 bits per heavy atom. The lowest BCUT2D eigenvalue weighted by Gasteiger charge is -2.10. The second-order valence-electron chi connectivity index (χ2n) is 6.69. The summed E-state index contributed by atoms with van der Waals surface area (Å²) >= 11 is 1.36. The molecular formula is C20H24N4O3S. The van der Waals surface area contributed by atoms with Crippen LogP contribution in [0.15, 0.2) is 52.2 Å². The number of benzene rings is 1. The number of rotatable bonds is 9. The van der Waals surface area contributed by atoms with Crippen LogP contribution in [0, 0.1) is 5.92 Å². The number of aromatic nitrogens is 3. The van der Waals surface area contributed by atoms with Crippen LogP contribution in [0.5, 0.6) is 5.75 Å². The predicted molar refractivity (Wildman–Crippen MR) is 108 cm³/mol. The Morgan fingerprint density at radius 1 is 1.29 bits per heavy atom. The minimum Gasteiger partial charge on any atom is -0.497 e. The third-order valence-corrected chi connectivity index (χ3v) is 4.95. The second-order valence-corrected chi connectivity index (χ2v) is 7.63. The van der Waals surface area contributed by atoms with Gasteiger partial charge < -0.3 is 14.5 Å². The molecule has 2 aromatic heterocycles. The maximum Gasteiger partial charge on any atom is 0.230 e. The number of hydrogen-bond donors (Lipinski definition) is 1. The number of nitrogens with one attached hydrogen (secondary N) is 1. The molecule has 0 saturated carbocycles. The van der Waals surface area contributed by atoms with E-state index in [1.54, 1.807) is 13.4 Å². The lowest BCUT2D eigenvalue weighted by molar-refractivity contribution is -0.118. The van der Waals surface area contributed by atoms with E-state index in [2.05, 4.69) is 29.4 Å². The van der Waals surface area contributed by atoms with E-state index in [0.717, 1.165) is 17.1 Å². The molecular weight excluding hydrogens is 376 g/mol.